The van der Waals surface area contributed by atoms with Crippen LogP contribution in [-0.4, -0.2) is 10.3 Å². The number of para-hydroxylation sites is 2. The second-order valence-electron chi connectivity index (χ2n) is 24.1. The van der Waals surface area contributed by atoms with Gasteiger partial charge in [-0.05, 0) is 72.4 Å². The quantitative estimate of drug-likeness (QED) is 0.0682. The van der Waals surface area contributed by atoms with Gasteiger partial charge in [-0.2, -0.15) is 4.58 Å². The zero-order valence-corrected chi connectivity index (χ0v) is 58.5. The van der Waals surface area contributed by atoms with Gasteiger partial charge in [0.1, 0.15) is 0 Å². The molecule has 1 atom stereocenters. The van der Waals surface area contributed by atoms with Gasteiger partial charge in [-0.15, -0.1) is 0 Å². The van der Waals surface area contributed by atoms with Crippen molar-refractivity contribution in [1.82, 2.24) is 0 Å². The van der Waals surface area contributed by atoms with Crippen LogP contribution in [0.15, 0.2) is 155 Å². The molecule has 1 spiro atoms. The van der Waals surface area contributed by atoms with Crippen molar-refractivity contribution in [2.75, 3.05) is 4.90 Å². The Kier molecular flexibility index (Phi) is 16.5. The summed E-state index contributed by atoms with van der Waals surface area (Å²) >= 11 is 83.4. The maximum atomic E-state index is 7.48. The monoisotopic (exact) mass is 1450 g/mol. The Morgan fingerprint density at radius 3 is 1.34 bits per heavy atom. The van der Waals surface area contributed by atoms with E-state index in [4.69, 9.17) is 178 Å². The molecule has 1 aliphatic carbocycles. The maximum absolute atomic E-state index is 7.48. The van der Waals surface area contributed by atoms with E-state index in [9.17, 15) is 0 Å². The Hall–Kier alpha value is -4.03. The molecule has 0 N–H and O–H groups in total. The summed E-state index contributed by atoms with van der Waals surface area (Å²) in [4.78, 5) is 2.50. The predicted octanol–water partition coefficient (Wildman–Crippen LogP) is 25.4. The third kappa shape index (κ3) is 10.3. The van der Waals surface area contributed by atoms with E-state index in [0.29, 0.717) is 5.92 Å². The van der Waals surface area contributed by atoms with Crippen LogP contribution in [0.3, 0.4) is 0 Å². The van der Waals surface area contributed by atoms with Crippen LogP contribution in [0, 0.1) is 11.3 Å². The van der Waals surface area contributed by atoms with E-state index < -0.39 is 7.31 Å². The predicted molar refractivity (Wildman–Crippen MR) is 367 cm³/mol. The Bertz CT molecular complexity index is 4000. The van der Waals surface area contributed by atoms with Crippen molar-refractivity contribution in [2.24, 2.45) is 11.3 Å². The second-order valence-corrected chi connectivity index (χ2v) is 32.4. The van der Waals surface area contributed by atoms with Crippen molar-refractivity contribution in [2.45, 2.75) is 85.2 Å². The fourth-order valence-corrected chi connectivity index (χ4v) is 19.2. The molecule has 22 heteroatoms. The molecule has 0 saturated carbocycles. The molecule has 0 aromatic heterocycles. The molecular weight excluding hydrogens is 1410 g/mol. The Morgan fingerprint density at radius 1 is 0.477 bits per heavy atom. The zero-order valence-electron chi connectivity index (χ0n) is 47.8. The number of rotatable bonds is 7. The van der Waals surface area contributed by atoms with Crippen LogP contribution in [0.1, 0.15) is 83.6 Å². The summed E-state index contributed by atoms with van der Waals surface area (Å²) in [6.45, 7) is 18.2. The molecule has 0 bridgehead atoms. The van der Waals surface area contributed by atoms with Gasteiger partial charge >= 0.3 is 268 Å². The van der Waals surface area contributed by atoms with E-state index in [1.165, 1.54) is 56.2 Å². The molecule has 0 fully saturated rings. The topological polar surface area (TPSA) is 61.6 Å². The number of allylic oxidation sites excluding steroid dienone is 8. The Morgan fingerprint density at radius 2 is 0.886 bits per heavy atom. The van der Waals surface area contributed by atoms with E-state index in [-0.39, 0.29) is 111 Å². The van der Waals surface area contributed by atoms with Gasteiger partial charge in [-0.3, -0.25) is 0 Å². The van der Waals surface area contributed by atoms with Crippen molar-refractivity contribution in [3.05, 3.63) is 238 Å². The summed E-state index contributed by atoms with van der Waals surface area (Å²) in [5, 5.41) is -2.02. The average molecular weight is 1460 g/mol. The zero-order chi connectivity index (χ0) is 63.0. The first kappa shape index (κ1) is 64.1. The molecular formula is C66H52Cl13N2O6P. The number of nitrogens with zero attached hydrogens (tertiary/aromatic N) is 2. The normalized spacial score (nSPS) is 20.8. The molecule has 0 unspecified atom stereocenters. The Balaban J connectivity index is 0.000000180. The van der Waals surface area contributed by atoms with Gasteiger partial charge in [-0.1, -0.05) is 155 Å². The fourth-order valence-electron chi connectivity index (χ4n) is 12.1. The van der Waals surface area contributed by atoms with E-state index in [2.05, 4.69) is 191 Å². The van der Waals surface area contributed by atoms with Crippen LogP contribution in [0.25, 0.3) is 0 Å². The summed E-state index contributed by atoms with van der Waals surface area (Å²) in [5.41, 5.74) is 12.8. The molecule has 88 heavy (non-hydrogen) atoms. The molecule has 7 aromatic carbocycles. The summed E-state index contributed by atoms with van der Waals surface area (Å²) in [7, 11) is -6.81. The van der Waals surface area contributed by atoms with Gasteiger partial charge in [0, 0.05) is 51.6 Å². The molecule has 0 radical (unpaired) electrons. The van der Waals surface area contributed by atoms with Crippen molar-refractivity contribution in [3.63, 3.8) is 0 Å². The van der Waals surface area contributed by atoms with Gasteiger partial charge < -0.3 is 4.90 Å². The standard InChI is InChI=1S/C48H52ClN2.C18Cl12O6P/c1-46(2,3)38-30-36(26-28-43-47(4,5)39-22-14-16-24-41(39)50(43)32-34-18-10-8-11-19-34)45(49)37(31-38)27-29-44-48(6,7)40-23-15-17-25-42(40)51(44)33-35-20-12-9-13-21-35;19-1-2(20)8(26)14-13(7(1)25)31-37(32-14,33-15-9(27)3(21)4(22)10(28)16(15)34-37)35-17-11(29)5(23)6(24)12(30)18(17)36-37/h8-29,38H,30-33H2,1-7H3;/q+1;-1. The first-order chi connectivity index (χ1) is 41.5. The van der Waals surface area contributed by atoms with Crippen molar-refractivity contribution in [3.8, 4) is 34.5 Å². The van der Waals surface area contributed by atoms with Crippen LogP contribution < -0.4 is 32.0 Å². The van der Waals surface area contributed by atoms with Crippen LogP contribution in [0.2, 0.25) is 60.3 Å². The SMILES string of the molecule is CC1(C)C(/C=C/C2=C(Cl)C(=C/C=C3/N(Cc4ccccc4)c4ccccc4C3(C)C)/C[C@H](C(C)(C)C)C2)=[N+](Cc2ccccc2)c2ccccc21.Clc1c(Cl)c(Cl)c2c(c1Cl)O[P-]13(O2)(Oc2c(Cl)c(Cl)c(Cl)c(Cl)c2O1)Oc1c(Cl)c(Cl)c(Cl)c(Cl)c1O3. The first-order valence-corrected chi connectivity index (χ1v) is 34.7. The number of hydrogen-bond acceptors (Lipinski definition) is 7. The van der Waals surface area contributed by atoms with E-state index >= 15 is 0 Å². The van der Waals surface area contributed by atoms with Gasteiger partial charge in [-0.25, -0.2) is 0 Å². The van der Waals surface area contributed by atoms with Gasteiger partial charge in [0.05, 0.1) is 5.41 Å². The minimum atomic E-state index is -6.81. The average Bonchev–Trinajstić information content (AvgIpc) is 1.45. The number of hydrogen-bond donors (Lipinski definition) is 0. The molecule has 8 nitrogen and oxygen atoms in total. The molecule has 5 aliphatic heterocycles. The number of halogens is 13. The van der Waals surface area contributed by atoms with Crippen LogP contribution in [0.5, 0.6) is 34.5 Å². The van der Waals surface area contributed by atoms with Crippen molar-refractivity contribution >= 4 is 175 Å². The van der Waals surface area contributed by atoms with Crippen LogP contribution >= 0.6 is 158 Å². The van der Waals surface area contributed by atoms with Crippen LogP contribution in [-0.2, 0) is 23.9 Å². The molecule has 6 aliphatic rings. The van der Waals surface area contributed by atoms with E-state index in [0.717, 1.165) is 31.0 Å². The molecule has 0 saturated heterocycles. The summed E-state index contributed by atoms with van der Waals surface area (Å²) in [6, 6.07) is 39.3. The molecule has 7 aromatic rings. The number of benzene rings is 7. The van der Waals surface area contributed by atoms with Crippen molar-refractivity contribution < 1.29 is 31.7 Å². The van der Waals surface area contributed by atoms with Gasteiger partial charge in [0.2, 0.25) is 5.69 Å². The fraction of sp³-hybridized carbons (Fsp3) is 0.227. The van der Waals surface area contributed by atoms with E-state index in [1.807, 2.05) is 0 Å². The summed E-state index contributed by atoms with van der Waals surface area (Å²) in [5.74, 6) is -1.66. The summed E-state index contributed by atoms with van der Waals surface area (Å²) in [6.07, 6.45) is 11.3. The van der Waals surface area contributed by atoms with Crippen LogP contribution in [0.4, 0.5) is 11.4 Å². The first-order valence-electron chi connectivity index (χ1n) is 27.6. The van der Waals surface area contributed by atoms with Gasteiger partial charge in [0.25, 0.3) is 0 Å². The molecule has 458 valence electrons. The number of fused-ring (bicyclic) bond motifs is 5. The molecule has 5 heterocycles. The number of anilines is 1. The van der Waals surface area contributed by atoms with E-state index in [1.54, 1.807) is 0 Å². The molecule has 0 amide bonds. The molecule has 13 rings (SSSR count). The summed E-state index contributed by atoms with van der Waals surface area (Å²) < 4.78 is 39.4. The second kappa shape index (κ2) is 22.6. The minimum absolute atomic E-state index is 0.138. The Labute approximate surface area is 575 Å². The third-order valence-electron chi connectivity index (χ3n) is 16.8. The third-order valence-corrected chi connectivity index (χ3v) is 25.9. The van der Waals surface area contributed by atoms with Gasteiger partial charge in [0.15, 0.2) is 12.3 Å². The van der Waals surface area contributed by atoms with Crippen molar-refractivity contribution in [1.29, 1.82) is 0 Å².